The molecule has 4 aliphatic rings. The van der Waals surface area contributed by atoms with E-state index in [2.05, 4.69) is 0 Å². The van der Waals surface area contributed by atoms with E-state index in [9.17, 15) is 24.0 Å². The Kier molecular flexibility index (Phi) is 7.93. The molecule has 0 aromatic heterocycles. The fraction of sp³-hybridized carbons (Fsp3) is 0.710. The SMILES string of the molecule is CCC(=O)OCC(=O)[C@]1(OC(=O)CC)[C@H](C)C[C@@H]2[C@H]3CCC4=CC(=O)C=C[C@@]4(C)[C@]3(F)[C@H](OC(=O)CC)C[C@]21C. The van der Waals surface area contributed by atoms with Crippen molar-refractivity contribution in [1.82, 2.24) is 0 Å². The molecule has 3 saturated carbocycles. The molecule has 0 aromatic rings. The molecule has 0 heterocycles. The monoisotopic (exact) mass is 560 g/mol. The largest absolute Gasteiger partial charge is 0.459 e. The summed E-state index contributed by atoms with van der Waals surface area (Å²) in [6.45, 7) is 9.68. The number of Topliss-reactive ketones (excluding diaryl/α,β-unsaturated/α-hetero) is 1. The van der Waals surface area contributed by atoms with Gasteiger partial charge in [-0.05, 0) is 50.7 Å². The minimum absolute atomic E-state index is 0.0209. The lowest BCUT2D eigenvalue weighted by Gasteiger charge is -2.63. The number of allylic oxidation sites excluding steroid dienone is 4. The van der Waals surface area contributed by atoms with Gasteiger partial charge in [0.05, 0.1) is 0 Å². The van der Waals surface area contributed by atoms with Gasteiger partial charge in [-0.3, -0.25) is 24.0 Å². The number of hydrogen-bond acceptors (Lipinski definition) is 8. The molecule has 0 radical (unpaired) electrons. The van der Waals surface area contributed by atoms with Crippen molar-refractivity contribution in [2.24, 2.45) is 28.6 Å². The Balaban J connectivity index is 1.88. The van der Waals surface area contributed by atoms with Gasteiger partial charge in [-0.1, -0.05) is 46.3 Å². The number of rotatable bonds is 8. The first-order valence-corrected chi connectivity index (χ1v) is 14.5. The normalized spacial score (nSPS) is 39.8. The maximum atomic E-state index is 18.1. The van der Waals surface area contributed by atoms with E-state index < -0.39 is 76.3 Å². The smallest absolute Gasteiger partial charge is 0.306 e. The van der Waals surface area contributed by atoms with Crippen LogP contribution in [-0.4, -0.2) is 53.5 Å². The van der Waals surface area contributed by atoms with Gasteiger partial charge < -0.3 is 14.2 Å². The predicted octanol–water partition coefficient (Wildman–Crippen LogP) is 4.78. The average Bonchev–Trinajstić information content (AvgIpc) is 3.14. The summed E-state index contributed by atoms with van der Waals surface area (Å²) in [7, 11) is 0. The molecule has 0 bridgehead atoms. The molecule has 220 valence electrons. The van der Waals surface area contributed by atoms with Crippen LogP contribution in [0.5, 0.6) is 0 Å². The van der Waals surface area contributed by atoms with Gasteiger partial charge in [-0.15, -0.1) is 0 Å². The van der Waals surface area contributed by atoms with E-state index >= 15 is 4.39 Å². The molecular weight excluding hydrogens is 519 g/mol. The number of fused-ring (bicyclic) bond motifs is 5. The van der Waals surface area contributed by atoms with Gasteiger partial charge in [-0.25, -0.2) is 4.39 Å². The molecule has 0 spiro atoms. The van der Waals surface area contributed by atoms with E-state index in [0.29, 0.717) is 24.8 Å². The highest BCUT2D eigenvalue weighted by atomic mass is 19.1. The Labute approximate surface area is 235 Å². The molecule has 8 nitrogen and oxygen atoms in total. The van der Waals surface area contributed by atoms with Crippen molar-refractivity contribution in [3.8, 4) is 0 Å². The minimum atomic E-state index is -2.06. The summed E-state index contributed by atoms with van der Waals surface area (Å²) >= 11 is 0. The number of ether oxygens (including phenoxy) is 3. The third kappa shape index (κ3) is 4.17. The third-order valence-electron chi connectivity index (χ3n) is 10.3. The van der Waals surface area contributed by atoms with E-state index in [1.165, 1.54) is 12.2 Å². The highest BCUT2D eigenvalue weighted by Gasteiger charge is 2.78. The minimum Gasteiger partial charge on any atom is -0.459 e. The van der Waals surface area contributed by atoms with Crippen LogP contribution < -0.4 is 0 Å². The van der Waals surface area contributed by atoms with Crippen molar-refractivity contribution in [2.75, 3.05) is 6.61 Å². The van der Waals surface area contributed by atoms with Crippen molar-refractivity contribution in [1.29, 1.82) is 0 Å². The Hall–Kier alpha value is -2.84. The van der Waals surface area contributed by atoms with Crippen LogP contribution in [0.25, 0.3) is 0 Å². The van der Waals surface area contributed by atoms with Crippen LogP contribution in [0.4, 0.5) is 4.39 Å². The average molecular weight is 561 g/mol. The van der Waals surface area contributed by atoms with E-state index in [4.69, 9.17) is 14.2 Å². The summed E-state index contributed by atoms with van der Waals surface area (Å²) in [5.41, 5.74) is -5.41. The first-order valence-electron chi connectivity index (χ1n) is 14.5. The molecule has 3 fully saturated rings. The van der Waals surface area contributed by atoms with E-state index in [1.807, 2.05) is 13.8 Å². The Bertz CT molecular complexity index is 1170. The Morgan fingerprint density at radius 2 is 1.65 bits per heavy atom. The molecule has 0 unspecified atom stereocenters. The number of alkyl halides is 1. The molecule has 0 saturated heterocycles. The molecule has 4 rings (SSSR count). The first-order chi connectivity index (χ1) is 18.7. The number of esters is 3. The lowest BCUT2D eigenvalue weighted by Crippen LogP contribution is -2.70. The van der Waals surface area contributed by atoms with Crippen LogP contribution in [0.3, 0.4) is 0 Å². The van der Waals surface area contributed by atoms with Crippen molar-refractivity contribution in [3.63, 3.8) is 0 Å². The Morgan fingerprint density at radius 1 is 1.00 bits per heavy atom. The van der Waals surface area contributed by atoms with E-state index in [-0.39, 0.29) is 31.5 Å². The Morgan fingerprint density at radius 3 is 2.27 bits per heavy atom. The van der Waals surface area contributed by atoms with Crippen molar-refractivity contribution in [2.45, 2.75) is 104 Å². The van der Waals surface area contributed by atoms with Crippen LogP contribution in [0.15, 0.2) is 23.8 Å². The van der Waals surface area contributed by atoms with Gasteiger partial charge in [0.1, 0.15) is 6.10 Å². The lowest BCUT2D eigenvalue weighted by atomic mass is 9.44. The van der Waals surface area contributed by atoms with Gasteiger partial charge in [0.25, 0.3) is 0 Å². The van der Waals surface area contributed by atoms with Crippen LogP contribution in [-0.2, 0) is 38.2 Å². The lowest BCUT2D eigenvalue weighted by molar-refractivity contribution is -0.236. The second kappa shape index (κ2) is 10.5. The second-order valence-corrected chi connectivity index (χ2v) is 12.2. The van der Waals surface area contributed by atoms with E-state index in [1.54, 1.807) is 33.8 Å². The highest BCUT2D eigenvalue weighted by Crippen LogP contribution is 2.72. The zero-order valence-corrected chi connectivity index (χ0v) is 24.3. The molecule has 0 aromatic carbocycles. The van der Waals surface area contributed by atoms with Crippen LogP contribution in [0.1, 0.15) is 86.5 Å². The van der Waals surface area contributed by atoms with Crippen LogP contribution >= 0.6 is 0 Å². The summed E-state index contributed by atoms with van der Waals surface area (Å²) in [5.74, 6) is -4.06. The summed E-state index contributed by atoms with van der Waals surface area (Å²) in [5, 5.41) is 0. The van der Waals surface area contributed by atoms with Crippen molar-refractivity contribution >= 4 is 29.5 Å². The van der Waals surface area contributed by atoms with Crippen LogP contribution in [0.2, 0.25) is 0 Å². The maximum absolute atomic E-state index is 18.1. The molecule has 40 heavy (non-hydrogen) atoms. The van der Waals surface area contributed by atoms with Crippen molar-refractivity contribution in [3.05, 3.63) is 23.8 Å². The van der Waals surface area contributed by atoms with Gasteiger partial charge in [0, 0.05) is 41.9 Å². The molecule has 8 atom stereocenters. The number of ketones is 2. The van der Waals surface area contributed by atoms with Crippen molar-refractivity contribution < 1.29 is 42.6 Å². The fourth-order valence-electron chi connectivity index (χ4n) is 8.34. The predicted molar refractivity (Wildman–Crippen MR) is 142 cm³/mol. The molecular formula is C31H41FO8. The molecule has 0 N–H and O–H groups in total. The zero-order valence-electron chi connectivity index (χ0n) is 24.3. The van der Waals surface area contributed by atoms with E-state index in [0.717, 1.165) is 0 Å². The molecule has 0 aliphatic heterocycles. The topological polar surface area (TPSA) is 113 Å². The highest BCUT2D eigenvalue weighted by molar-refractivity contribution is 6.01. The summed E-state index contributed by atoms with van der Waals surface area (Å²) in [6, 6.07) is 0. The van der Waals surface area contributed by atoms with Gasteiger partial charge in [-0.2, -0.15) is 0 Å². The quantitative estimate of drug-likeness (QED) is 0.308. The summed E-state index contributed by atoms with van der Waals surface area (Å²) < 4.78 is 35.3. The molecule has 4 aliphatic carbocycles. The standard InChI is InChI=1S/C31H41FO8/c1-7-25(35)38-17-23(34)31(40-27(37)9-3)18(4)14-22-21-11-10-19-15-20(33)12-13-28(19,5)30(21,32)24(16-29(22,31)6)39-26(36)8-2/h12-13,15,18,21-22,24H,7-11,14,16-17H2,1-6H3/t18-,21-,22-,24-,28-,29-,30-,31-/m1/s1. The van der Waals surface area contributed by atoms with Gasteiger partial charge in [0.2, 0.25) is 5.78 Å². The molecule has 9 heteroatoms. The number of carbonyl (C=O) groups excluding carboxylic acids is 5. The molecule has 0 amide bonds. The number of halogens is 1. The second-order valence-electron chi connectivity index (χ2n) is 12.2. The summed E-state index contributed by atoms with van der Waals surface area (Å²) in [4.78, 5) is 63.8. The van der Waals surface area contributed by atoms with Gasteiger partial charge >= 0.3 is 17.9 Å². The third-order valence-corrected chi connectivity index (χ3v) is 10.3. The summed E-state index contributed by atoms with van der Waals surface area (Å²) in [6.07, 6.45) is 4.49. The van der Waals surface area contributed by atoms with Gasteiger partial charge in [0.15, 0.2) is 23.7 Å². The first kappa shape index (κ1) is 30.1. The number of hydrogen-bond donors (Lipinski definition) is 0. The fourth-order valence-corrected chi connectivity index (χ4v) is 8.34. The zero-order chi connectivity index (χ0) is 29.7. The maximum Gasteiger partial charge on any atom is 0.306 e. The number of carbonyl (C=O) groups is 5. The van der Waals surface area contributed by atoms with Crippen LogP contribution in [0, 0.1) is 28.6 Å².